The highest BCUT2D eigenvalue weighted by Gasteiger charge is 2.38. The van der Waals surface area contributed by atoms with E-state index in [1.54, 1.807) is 19.3 Å². The Morgan fingerprint density at radius 1 is 1.17 bits per heavy atom. The highest BCUT2D eigenvalue weighted by molar-refractivity contribution is 6.14. The molecule has 5 rings (SSSR count). The second-order valence-corrected chi connectivity index (χ2v) is 7.96. The van der Waals surface area contributed by atoms with Crippen LogP contribution in [0.1, 0.15) is 35.9 Å². The van der Waals surface area contributed by atoms with E-state index >= 15 is 0 Å². The van der Waals surface area contributed by atoms with Gasteiger partial charge in [-0.1, -0.05) is 0 Å². The quantitative estimate of drug-likeness (QED) is 0.654. The first-order valence-corrected chi connectivity index (χ1v) is 10.0. The number of carbonyl (C=O) groups excluding carboxylic acids is 1. The molecule has 4 heterocycles. The van der Waals surface area contributed by atoms with E-state index in [-0.39, 0.29) is 11.4 Å². The van der Waals surface area contributed by atoms with Gasteiger partial charge in [-0.05, 0) is 26.7 Å². The number of aromatic nitrogens is 4. The van der Waals surface area contributed by atoms with Crippen molar-refractivity contribution in [3.63, 3.8) is 0 Å². The standard InChI is InChI=1S/C20H23N7O3/c1-12-23-16(26-20(2)3-4-20)15-14(11-30-18(15)24-12)17(28)25-13-9-21-19(22-10-13)27-5-7-29-8-6-27/h9-11H,3-8H2,1-2H3,(H,25,28)(H,23,24,26). The van der Waals surface area contributed by atoms with E-state index in [1.165, 1.54) is 6.26 Å². The topological polar surface area (TPSA) is 118 Å². The zero-order chi connectivity index (χ0) is 20.7. The van der Waals surface area contributed by atoms with Gasteiger partial charge in [0.1, 0.15) is 17.9 Å². The summed E-state index contributed by atoms with van der Waals surface area (Å²) in [7, 11) is 0. The van der Waals surface area contributed by atoms with Crippen LogP contribution in [0.25, 0.3) is 11.1 Å². The number of fused-ring (bicyclic) bond motifs is 1. The van der Waals surface area contributed by atoms with Crippen LogP contribution in [0, 0.1) is 6.92 Å². The highest BCUT2D eigenvalue weighted by Crippen LogP contribution is 2.40. The third-order valence-electron chi connectivity index (χ3n) is 5.40. The van der Waals surface area contributed by atoms with Crippen LogP contribution in [0.3, 0.4) is 0 Å². The minimum Gasteiger partial charge on any atom is -0.445 e. The molecule has 0 unspecified atom stereocenters. The van der Waals surface area contributed by atoms with E-state index in [1.807, 2.05) is 0 Å². The Kier molecular flexibility index (Phi) is 4.50. The molecule has 1 saturated carbocycles. The zero-order valence-corrected chi connectivity index (χ0v) is 16.9. The molecule has 1 aliphatic carbocycles. The fourth-order valence-corrected chi connectivity index (χ4v) is 3.42. The first-order chi connectivity index (χ1) is 14.5. The fourth-order valence-electron chi connectivity index (χ4n) is 3.42. The second kappa shape index (κ2) is 7.21. The average Bonchev–Trinajstić information content (AvgIpc) is 3.31. The molecule has 0 radical (unpaired) electrons. The van der Waals surface area contributed by atoms with Crippen molar-refractivity contribution in [3.8, 4) is 0 Å². The summed E-state index contributed by atoms with van der Waals surface area (Å²) < 4.78 is 10.9. The lowest BCUT2D eigenvalue weighted by atomic mass is 10.2. The largest absolute Gasteiger partial charge is 0.445 e. The predicted octanol–water partition coefficient (Wildman–Crippen LogP) is 2.37. The van der Waals surface area contributed by atoms with Crippen LogP contribution in [0.2, 0.25) is 0 Å². The van der Waals surface area contributed by atoms with Crippen LogP contribution in [0.4, 0.5) is 17.5 Å². The lowest BCUT2D eigenvalue weighted by molar-refractivity contribution is 0.102. The third kappa shape index (κ3) is 3.65. The molecule has 3 aromatic rings. The van der Waals surface area contributed by atoms with Gasteiger partial charge in [0.2, 0.25) is 11.7 Å². The van der Waals surface area contributed by atoms with Crippen molar-refractivity contribution >= 4 is 34.5 Å². The summed E-state index contributed by atoms with van der Waals surface area (Å²) in [6.07, 6.45) is 6.73. The Labute approximate surface area is 173 Å². The maximum atomic E-state index is 13.0. The Bertz CT molecular complexity index is 1090. The summed E-state index contributed by atoms with van der Waals surface area (Å²) in [4.78, 5) is 32.6. The number of amides is 1. The minimum absolute atomic E-state index is 0.00189. The summed E-state index contributed by atoms with van der Waals surface area (Å²) in [5.41, 5.74) is 1.26. The van der Waals surface area contributed by atoms with Crippen LogP contribution < -0.4 is 15.5 Å². The molecular weight excluding hydrogens is 386 g/mol. The summed E-state index contributed by atoms with van der Waals surface area (Å²) >= 11 is 0. The van der Waals surface area contributed by atoms with E-state index in [0.29, 0.717) is 53.2 Å². The number of hydrogen-bond donors (Lipinski definition) is 2. The van der Waals surface area contributed by atoms with Crippen LogP contribution in [-0.2, 0) is 4.74 Å². The lowest BCUT2D eigenvalue weighted by Gasteiger charge is -2.26. The number of anilines is 3. The van der Waals surface area contributed by atoms with Crippen LogP contribution in [0.15, 0.2) is 23.1 Å². The third-order valence-corrected chi connectivity index (χ3v) is 5.40. The summed E-state index contributed by atoms with van der Waals surface area (Å²) in [5.74, 6) is 1.50. The van der Waals surface area contributed by atoms with Crippen molar-refractivity contribution < 1.29 is 13.9 Å². The number of hydrogen-bond acceptors (Lipinski definition) is 9. The predicted molar refractivity (Wildman–Crippen MR) is 111 cm³/mol. The molecule has 10 heteroatoms. The van der Waals surface area contributed by atoms with E-state index in [0.717, 1.165) is 25.9 Å². The first kappa shape index (κ1) is 18.7. The number of rotatable bonds is 5. The molecule has 0 spiro atoms. The molecule has 30 heavy (non-hydrogen) atoms. The zero-order valence-electron chi connectivity index (χ0n) is 16.9. The van der Waals surface area contributed by atoms with Gasteiger partial charge in [-0.15, -0.1) is 0 Å². The molecule has 1 aliphatic heterocycles. The van der Waals surface area contributed by atoms with E-state index < -0.39 is 0 Å². The smallest absolute Gasteiger partial charge is 0.259 e. The maximum Gasteiger partial charge on any atom is 0.259 e. The van der Waals surface area contributed by atoms with Gasteiger partial charge in [-0.2, -0.15) is 4.98 Å². The SMILES string of the molecule is Cc1nc(NC2(C)CC2)c2c(C(=O)Nc3cnc(N4CCOCC4)nc3)coc2n1. The van der Waals surface area contributed by atoms with Crippen molar-refractivity contribution in [2.24, 2.45) is 0 Å². The van der Waals surface area contributed by atoms with Gasteiger partial charge in [-0.25, -0.2) is 15.0 Å². The van der Waals surface area contributed by atoms with E-state index in [9.17, 15) is 4.79 Å². The molecule has 0 bridgehead atoms. The van der Waals surface area contributed by atoms with Gasteiger partial charge in [0.05, 0.1) is 42.2 Å². The minimum atomic E-state index is -0.326. The molecule has 0 aromatic carbocycles. The van der Waals surface area contributed by atoms with E-state index in [2.05, 4.69) is 42.4 Å². The Balaban J connectivity index is 1.38. The molecule has 1 amide bonds. The molecule has 1 saturated heterocycles. The Morgan fingerprint density at radius 3 is 2.60 bits per heavy atom. The fraction of sp³-hybridized carbons (Fsp3) is 0.450. The monoisotopic (exact) mass is 409 g/mol. The number of carbonyl (C=O) groups is 1. The molecule has 0 atom stereocenters. The number of morpholine rings is 1. The maximum absolute atomic E-state index is 13.0. The number of nitrogens with one attached hydrogen (secondary N) is 2. The van der Waals surface area contributed by atoms with Crippen molar-refractivity contribution in [1.82, 2.24) is 19.9 Å². The van der Waals surface area contributed by atoms with Crippen molar-refractivity contribution in [2.75, 3.05) is 41.8 Å². The molecule has 2 aliphatic rings. The van der Waals surface area contributed by atoms with Crippen LogP contribution >= 0.6 is 0 Å². The second-order valence-electron chi connectivity index (χ2n) is 7.96. The van der Waals surface area contributed by atoms with Crippen LogP contribution in [0.5, 0.6) is 0 Å². The number of aryl methyl sites for hydroxylation is 1. The van der Waals surface area contributed by atoms with E-state index in [4.69, 9.17) is 9.15 Å². The van der Waals surface area contributed by atoms with Crippen LogP contribution in [-0.4, -0.2) is 57.7 Å². The summed E-state index contributed by atoms with van der Waals surface area (Å²) in [5, 5.41) is 6.85. The van der Waals surface area contributed by atoms with Crippen molar-refractivity contribution in [1.29, 1.82) is 0 Å². The molecule has 3 aromatic heterocycles. The normalized spacial score (nSPS) is 17.7. The van der Waals surface area contributed by atoms with Gasteiger partial charge >= 0.3 is 0 Å². The van der Waals surface area contributed by atoms with Gasteiger partial charge in [-0.3, -0.25) is 4.79 Å². The van der Waals surface area contributed by atoms with Crippen molar-refractivity contribution in [3.05, 3.63) is 30.0 Å². The lowest BCUT2D eigenvalue weighted by Crippen LogP contribution is -2.37. The van der Waals surface area contributed by atoms with Crippen molar-refractivity contribution in [2.45, 2.75) is 32.2 Å². The summed E-state index contributed by atoms with van der Waals surface area (Å²) in [6, 6.07) is 0. The Hall–Kier alpha value is -3.27. The van der Waals surface area contributed by atoms with Gasteiger partial charge in [0.25, 0.3) is 5.91 Å². The molecule has 2 N–H and O–H groups in total. The first-order valence-electron chi connectivity index (χ1n) is 10.0. The summed E-state index contributed by atoms with van der Waals surface area (Å²) in [6.45, 7) is 6.75. The number of nitrogens with zero attached hydrogens (tertiary/aromatic N) is 5. The number of ether oxygens (including phenoxy) is 1. The molecule has 2 fully saturated rings. The molecule has 156 valence electrons. The molecule has 10 nitrogen and oxygen atoms in total. The average molecular weight is 409 g/mol. The van der Waals surface area contributed by atoms with Gasteiger partial charge < -0.3 is 24.7 Å². The molecular formula is C20H23N7O3. The highest BCUT2D eigenvalue weighted by atomic mass is 16.5. The van der Waals surface area contributed by atoms with Gasteiger partial charge in [0, 0.05) is 18.6 Å². The Morgan fingerprint density at radius 2 is 1.90 bits per heavy atom. The van der Waals surface area contributed by atoms with Gasteiger partial charge in [0.15, 0.2) is 0 Å². The number of furan rings is 1.